The zero-order chi connectivity index (χ0) is 15.9. The Bertz CT molecular complexity index is 656. The quantitative estimate of drug-likeness (QED) is 0.786. The van der Waals surface area contributed by atoms with Gasteiger partial charge in [0.2, 0.25) is 0 Å². The maximum atomic E-state index is 12.4. The van der Waals surface area contributed by atoms with Gasteiger partial charge in [0.05, 0.1) is 11.1 Å². The molecule has 1 fully saturated rings. The van der Waals surface area contributed by atoms with E-state index in [1.165, 1.54) is 13.1 Å². The Morgan fingerprint density at radius 1 is 1.27 bits per heavy atom. The van der Waals surface area contributed by atoms with Gasteiger partial charge < -0.3 is 10.6 Å². The summed E-state index contributed by atoms with van der Waals surface area (Å²) >= 11 is 0. The molecule has 6 nitrogen and oxygen atoms in total. The molecular weight excluding hydrogens is 282 g/mol. The molecule has 2 N–H and O–H groups in total. The number of hydrogen-bond acceptors (Lipinski definition) is 4. The first-order chi connectivity index (χ1) is 10.5. The molecule has 1 saturated heterocycles. The topological polar surface area (TPSA) is 78.5 Å². The predicted octanol–water partition coefficient (Wildman–Crippen LogP) is 0.640. The van der Waals surface area contributed by atoms with Gasteiger partial charge in [0.15, 0.2) is 0 Å². The standard InChI is InChI=1S/C16H19N3O3/c1-9-8-17-6-5-13(9)18-14(20)10-3-4-11-12(7-10)16(22)19(2)15(11)21/h3-4,7,9,13,17H,5-6,8H2,1-2H3,(H,18,20). The summed E-state index contributed by atoms with van der Waals surface area (Å²) in [5.41, 5.74) is 1.08. The zero-order valence-corrected chi connectivity index (χ0v) is 12.7. The second kappa shape index (κ2) is 5.53. The molecule has 1 aromatic rings. The van der Waals surface area contributed by atoms with Gasteiger partial charge in [0, 0.05) is 18.7 Å². The first-order valence-electron chi connectivity index (χ1n) is 7.47. The smallest absolute Gasteiger partial charge is 0.261 e. The summed E-state index contributed by atoms with van der Waals surface area (Å²) < 4.78 is 0. The molecule has 2 aliphatic heterocycles. The molecule has 3 amide bonds. The van der Waals surface area contributed by atoms with Crippen molar-refractivity contribution in [1.29, 1.82) is 0 Å². The van der Waals surface area contributed by atoms with Crippen molar-refractivity contribution in [2.45, 2.75) is 19.4 Å². The van der Waals surface area contributed by atoms with E-state index in [4.69, 9.17) is 0 Å². The minimum absolute atomic E-state index is 0.127. The van der Waals surface area contributed by atoms with Gasteiger partial charge >= 0.3 is 0 Å². The molecule has 22 heavy (non-hydrogen) atoms. The van der Waals surface area contributed by atoms with Crippen LogP contribution in [0.2, 0.25) is 0 Å². The molecule has 0 saturated carbocycles. The van der Waals surface area contributed by atoms with Crippen molar-refractivity contribution in [2.75, 3.05) is 20.1 Å². The highest BCUT2D eigenvalue weighted by molar-refractivity contribution is 6.21. The highest BCUT2D eigenvalue weighted by Crippen LogP contribution is 2.23. The van der Waals surface area contributed by atoms with Crippen LogP contribution < -0.4 is 10.6 Å². The SMILES string of the molecule is CC1CNCCC1NC(=O)c1ccc2c(c1)C(=O)N(C)C2=O. The normalized spacial score (nSPS) is 24.4. The summed E-state index contributed by atoms with van der Waals surface area (Å²) in [6, 6.07) is 4.80. The van der Waals surface area contributed by atoms with Gasteiger partial charge in [0.1, 0.15) is 0 Å². The minimum atomic E-state index is -0.357. The molecule has 2 atom stereocenters. The number of amides is 3. The van der Waals surface area contributed by atoms with Crippen molar-refractivity contribution >= 4 is 17.7 Å². The van der Waals surface area contributed by atoms with Crippen molar-refractivity contribution in [3.63, 3.8) is 0 Å². The van der Waals surface area contributed by atoms with Crippen LogP contribution in [0.3, 0.4) is 0 Å². The van der Waals surface area contributed by atoms with Crippen LogP contribution in [0.5, 0.6) is 0 Å². The first-order valence-corrected chi connectivity index (χ1v) is 7.47. The Morgan fingerprint density at radius 2 is 2.00 bits per heavy atom. The summed E-state index contributed by atoms with van der Waals surface area (Å²) in [6.07, 6.45) is 0.887. The van der Waals surface area contributed by atoms with E-state index in [-0.39, 0.29) is 23.8 Å². The third-order valence-corrected chi connectivity index (χ3v) is 4.45. The molecule has 116 valence electrons. The third-order valence-electron chi connectivity index (χ3n) is 4.45. The highest BCUT2D eigenvalue weighted by Gasteiger charge is 2.33. The molecular formula is C16H19N3O3. The van der Waals surface area contributed by atoms with Crippen LogP contribution in [0.4, 0.5) is 0 Å². The van der Waals surface area contributed by atoms with E-state index < -0.39 is 0 Å². The third kappa shape index (κ3) is 2.39. The van der Waals surface area contributed by atoms with E-state index in [0.29, 0.717) is 22.6 Å². The average Bonchev–Trinajstić information content (AvgIpc) is 2.74. The van der Waals surface area contributed by atoms with E-state index in [2.05, 4.69) is 17.6 Å². The van der Waals surface area contributed by atoms with Gasteiger partial charge in [-0.15, -0.1) is 0 Å². The summed E-state index contributed by atoms with van der Waals surface area (Å²) in [4.78, 5) is 37.3. The van der Waals surface area contributed by atoms with Crippen LogP contribution in [0.1, 0.15) is 44.4 Å². The number of piperidine rings is 1. The van der Waals surface area contributed by atoms with Crippen molar-refractivity contribution in [3.8, 4) is 0 Å². The molecule has 0 bridgehead atoms. The Kier molecular flexibility index (Phi) is 3.70. The van der Waals surface area contributed by atoms with Crippen molar-refractivity contribution in [2.24, 2.45) is 5.92 Å². The molecule has 0 spiro atoms. The predicted molar refractivity (Wildman–Crippen MR) is 80.8 cm³/mol. The molecule has 6 heteroatoms. The lowest BCUT2D eigenvalue weighted by Crippen LogP contribution is -2.48. The number of carbonyl (C=O) groups excluding carboxylic acids is 3. The molecule has 0 radical (unpaired) electrons. The number of nitrogens with one attached hydrogen (secondary N) is 2. The molecule has 0 aromatic heterocycles. The van der Waals surface area contributed by atoms with Gasteiger partial charge in [-0.05, 0) is 43.6 Å². The van der Waals surface area contributed by atoms with Crippen LogP contribution in [0, 0.1) is 5.92 Å². The number of imide groups is 1. The minimum Gasteiger partial charge on any atom is -0.349 e. The second-order valence-corrected chi connectivity index (χ2v) is 5.98. The molecule has 2 aliphatic rings. The van der Waals surface area contributed by atoms with Gasteiger partial charge in [-0.3, -0.25) is 19.3 Å². The largest absolute Gasteiger partial charge is 0.349 e. The van der Waals surface area contributed by atoms with E-state index >= 15 is 0 Å². The Balaban J connectivity index is 1.80. The van der Waals surface area contributed by atoms with E-state index in [1.54, 1.807) is 12.1 Å². The number of benzene rings is 1. The molecule has 3 rings (SSSR count). The van der Waals surface area contributed by atoms with Gasteiger partial charge in [-0.25, -0.2) is 0 Å². The van der Waals surface area contributed by atoms with Crippen LogP contribution in [-0.2, 0) is 0 Å². The van der Waals surface area contributed by atoms with E-state index in [1.807, 2.05) is 0 Å². The number of fused-ring (bicyclic) bond motifs is 1. The highest BCUT2D eigenvalue weighted by atomic mass is 16.2. The first kappa shape index (κ1) is 14.7. The van der Waals surface area contributed by atoms with Gasteiger partial charge in [-0.2, -0.15) is 0 Å². The van der Waals surface area contributed by atoms with E-state index in [9.17, 15) is 14.4 Å². The lowest BCUT2D eigenvalue weighted by molar-refractivity contribution is 0.0693. The average molecular weight is 301 g/mol. The number of hydrogen-bond donors (Lipinski definition) is 2. The fourth-order valence-corrected chi connectivity index (χ4v) is 2.98. The Labute approximate surface area is 128 Å². The molecule has 2 unspecified atom stereocenters. The van der Waals surface area contributed by atoms with Crippen LogP contribution in [0.15, 0.2) is 18.2 Å². The number of carbonyl (C=O) groups is 3. The van der Waals surface area contributed by atoms with Crippen LogP contribution >= 0.6 is 0 Å². The van der Waals surface area contributed by atoms with Crippen molar-refractivity contribution in [3.05, 3.63) is 34.9 Å². The Morgan fingerprint density at radius 3 is 2.73 bits per heavy atom. The fourth-order valence-electron chi connectivity index (χ4n) is 2.98. The molecule has 1 aromatic carbocycles. The lowest BCUT2D eigenvalue weighted by Gasteiger charge is -2.30. The van der Waals surface area contributed by atoms with Crippen molar-refractivity contribution < 1.29 is 14.4 Å². The maximum Gasteiger partial charge on any atom is 0.261 e. The van der Waals surface area contributed by atoms with Crippen LogP contribution in [-0.4, -0.2) is 48.8 Å². The number of nitrogens with zero attached hydrogens (tertiary/aromatic N) is 1. The second-order valence-electron chi connectivity index (χ2n) is 5.98. The summed E-state index contributed by atoms with van der Waals surface area (Å²) in [5.74, 6) is -0.512. The fraction of sp³-hybridized carbons (Fsp3) is 0.438. The lowest BCUT2D eigenvalue weighted by atomic mass is 9.95. The van der Waals surface area contributed by atoms with Gasteiger partial charge in [-0.1, -0.05) is 6.92 Å². The monoisotopic (exact) mass is 301 g/mol. The zero-order valence-electron chi connectivity index (χ0n) is 12.7. The molecule has 2 heterocycles. The van der Waals surface area contributed by atoms with E-state index in [0.717, 1.165) is 24.4 Å². The van der Waals surface area contributed by atoms with Gasteiger partial charge in [0.25, 0.3) is 17.7 Å². The molecule has 0 aliphatic carbocycles. The van der Waals surface area contributed by atoms with Crippen molar-refractivity contribution in [1.82, 2.24) is 15.5 Å². The maximum absolute atomic E-state index is 12.4. The summed E-state index contributed by atoms with van der Waals surface area (Å²) in [6.45, 7) is 3.86. The van der Waals surface area contributed by atoms with Crippen LogP contribution in [0.25, 0.3) is 0 Å². The Hall–Kier alpha value is -2.21. The summed E-state index contributed by atoms with van der Waals surface area (Å²) in [5, 5.41) is 6.31. The summed E-state index contributed by atoms with van der Waals surface area (Å²) in [7, 11) is 1.45. The number of rotatable bonds is 2.